The van der Waals surface area contributed by atoms with Gasteiger partial charge in [0.1, 0.15) is 5.60 Å². The van der Waals surface area contributed by atoms with Gasteiger partial charge in [-0.3, -0.25) is 15.2 Å². The van der Waals surface area contributed by atoms with Gasteiger partial charge in [0, 0.05) is 27.9 Å². The Balaban J connectivity index is 1.65. The molecule has 1 aromatic heterocycles. The lowest BCUT2D eigenvalue weighted by Gasteiger charge is -2.19. The van der Waals surface area contributed by atoms with E-state index in [-0.39, 0.29) is 5.91 Å². The van der Waals surface area contributed by atoms with Crippen LogP contribution in [0.1, 0.15) is 31.9 Å². The van der Waals surface area contributed by atoms with E-state index >= 15 is 0 Å². The lowest BCUT2D eigenvalue weighted by molar-refractivity contribution is -0.110. The molecule has 0 radical (unpaired) electrons. The van der Waals surface area contributed by atoms with Crippen LogP contribution in [0.25, 0.3) is 22.6 Å². The number of carbonyl (C=O) groups excluding carboxylic acids is 2. The van der Waals surface area contributed by atoms with E-state index in [0.717, 1.165) is 22.0 Å². The molecule has 7 nitrogen and oxygen atoms in total. The van der Waals surface area contributed by atoms with Crippen LogP contribution in [0.5, 0.6) is 0 Å². The van der Waals surface area contributed by atoms with Crippen LogP contribution in [0, 0.1) is 0 Å². The molecule has 4 rings (SSSR count). The smallest absolute Gasteiger partial charge is 0.412 e. The molecule has 3 N–H and O–H groups in total. The summed E-state index contributed by atoms with van der Waals surface area (Å²) in [6.45, 7) is 5.40. The molecule has 0 fully saturated rings. The van der Waals surface area contributed by atoms with Gasteiger partial charge in [0.05, 0.1) is 11.7 Å². The van der Waals surface area contributed by atoms with Crippen molar-refractivity contribution in [3.05, 3.63) is 53.7 Å². The highest BCUT2D eigenvalue weighted by Gasteiger charge is 2.25. The number of hydrogen-bond acceptors (Lipinski definition) is 4. The maximum Gasteiger partial charge on any atom is 0.412 e. The number of aromatic nitrogens is 2. The first-order chi connectivity index (χ1) is 13.3. The van der Waals surface area contributed by atoms with Crippen molar-refractivity contribution >= 4 is 45.9 Å². The fourth-order valence-corrected chi connectivity index (χ4v) is 3.04. The molecule has 0 saturated heterocycles. The maximum absolute atomic E-state index is 12.5. The van der Waals surface area contributed by atoms with E-state index in [1.165, 1.54) is 0 Å². The molecule has 0 bridgehead atoms. The first kappa shape index (κ1) is 17.8. The molecule has 2 aromatic carbocycles. The van der Waals surface area contributed by atoms with Gasteiger partial charge in [-0.15, -0.1) is 0 Å². The third-order valence-electron chi connectivity index (χ3n) is 4.22. The van der Waals surface area contributed by atoms with Crippen LogP contribution in [-0.2, 0) is 9.53 Å². The van der Waals surface area contributed by atoms with Gasteiger partial charge in [-0.25, -0.2) is 4.79 Å². The number of aromatic amines is 1. The van der Waals surface area contributed by atoms with Gasteiger partial charge in [-0.1, -0.05) is 12.1 Å². The van der Waals surface area contributed by atoms with Gasteiger partial charge < -0.3 is 10.1 Å². The minimum absolute atomic E-state index is 0.186. The van der Waals surface area contributed by atoms with E-state index in [0.29, 0.717) is 16.9 Å². The Morgan fingerprint density at radius 3 is 2.79 bits per heavy atom. The summed E-state index contributed by atoms with van der Waals surface area (Å²) in [6.07, 6.45) is 3.02. The lowest BCUT2D eigenvalue weighted by Crippen LogP contribution is -2.27. The highest BCUT2D eigenvalue weighted by molar-refractivity contribution is 6.35. The third kappa shape index (κ3) is 3.59. The van der Waals surface area contributed by atoms with Crippen LogP contribution in [-0.4, -0.2) is 27.8 Å². The Bertz CT molecular complexity index is 1120. The molecular formula is C21H20N4O3. The summed E-state index contributed by atoms with van der Waals surface area (Å²) in [6, 6.07) is 11.1. The second-order valence-corrected chi connectivity index (χ2v) is 7.62. The second kappa shape index (κ2) is 6.53. The molecule has 2 amide bonds. The van der Waals surface area contributed by atoms with E-state index in [4.69, 9.17) is 4.74 Å². The number of amides is 2. The van der Waals surface area contributed by atoms with E-state index < -0.39 is 11.7 Å². The van der Waals surface area contributed by atoms with E-state index in [2.05, 4.69) is 20.8 Å². The number of fused-ring (bicyclic) bond motifs is 2. The molecule has 7 heteroatoms. The van der Waals surface area contributed by atoms with Crippen molar-refractivity contribution in [2.45, 2.75) is 26.4 Å². The molecule has 0 spiro atoms. The molecule has 0 atom stereocenters. The van der Waals surface area contributed by atoms with Crippen LogP contribution >= 0.6 is 0 Å². The number of H-pyrrole nitrogens is 1. The summed E-state index contributed by atoms with van der Waals surface area (Å²) in [4.78, 5) is 24.5. The number of benzene rings is 2. The molecule has 0 aliphatic carbocycles. The zero-order valence-electron chi connectivity index (χ0n) is 15.8. The Morgan fingerprint density at radius 2 is 2.00 bits per heavy atom. The minimum Gasteiger partial charge on any atom is -0.444 e. The molecule has 142 valence electrons. The molecular weight excluding hydrogens is 356 g/mol. The molecule has 0 unspecified atom stereocenters. The van der Waals surface area contributed by atoms with Crippen molar-refractivity contribution in [2.75, 3.05) is 10.6 Å². The van der Waals surface area contributed by atoms with Crippen LogP contribution in [0.3, 0.4) is 0 Å². The summed E-state index contributed by atoms with van der Waals surface area (Å²) in [5, 5.41) is 13.5. The first-order valence-electron chi connectivity index (χ1n) is 8.89. The quantitative estimate of drug-likeness (QED) is 0.578. The fourth-order valence-electron chi connectivity index (χ4n) is 3.04. The normalized spacial score (nSPS) is 14.8. The Morgan fingerprint density at radius 1 is 1.18 bits per heavy atom. The number of ether oxygens (including phenoxy) is 1. The zero-order valence-corrected chi connectivity index (χ0v) is 15.8. The lowest BCUT2D eigenvalue weighted by atomic mass is 10.0. The van der Waals surface area contributed by atoms with E-state index in [9.17, 15) is 9.59 Å². The number of hydrogen-bond donors (Lipinski definition) is 3. The van der Waals surface area contributed by atoms with Crippen molar-refractivity contribution in [3.8, 4) is 0 Å². The van der Waals surface area contributed by atoms with Crippen LogP contribution < -0.4 is 10.6 Å². The third-order valence-corrected chi connectivity index (χ3v) is 4.22. The summed E-state index contributed by atoms with van der Waals surface area (Å²) in [5.74, 6) is -0.186. The topological polar surface area (TPSA) is 96.1 Å². The molecule has 0 saturated carbocycles. The SMILES string of the molecule is CC(C)(C)OC(=O)Nc1ccc2c(c1)/C(=C/c1ccc3cn[nH]c3c1)C(=O)N2. The molecule has 2 heterocycles. The number of nitrogens with zero attached hydrogens (tertiary/aromatic N) is 1. The van der Waals surface area contributed by atoms with Crippen molar-refractivity contribution in [1.29, 1.82) is 0 Å². The summed E-state index contributed by atoms with van der Waals surface area (Å²) < 4.78 is 5.28. The number of nitrogens with one attached hydrogen (secondary N) is 3. The number of rotatable bonds is 2. The van der Waals surface area contributed by atoms with Gasteiger partial charge in [-0.2, -0.15) is 5.10 Å². The highest BCUT2D eigenvalue weighted by Crippen LogP contribution is 2.35. The Kier molecular flexibility index (Phi) is 4.15. The van der Waals surface area contributed by atoms with E-state index in [1.807, 2.05) is 24.3 Å². The highest BCUT2D eigenvalue weighted by atomic mass is 16.6. The summed E-state index contributed by atoms with van der Waals surface area (Å²) >= 11 is 0. The Labute approximate surface area is 161 Å². The van der Waals surface area contributed by atoms with Gasteiger partial charge in [-0.05, 0) is 56.7 Å². The van der Waals surface area contributed by atoms with Crippen molar-refractivity contribution in [3.63, 3.8) is 0 Å². The Hall–Kier alpha value is -3.61. The zero-order chi connectivity index (χ0) is 19.9. The summed E-state index contributed by atoms with van der Waals surface area (Å²) in [5.41, 5.74) is 3.70. The van der Waals surface area contributed by atoms with Crippen LogP contribution in [0.15, 0.2) is 42.6 Å². The van der Waals surface area contributed by atoms with Gasteiger partial charge >= 0.3 is 6.09 Å². The van der Waals surface area contributed by atoms with Gasteiger partial charge in [0.15, 0.2) is 0 Å². The monoisotopic (exact) mass is 376 g/mol. The molecule has 1 aliphatic rings. The molecule has 3 aromatic rings. The molecule has 28 heavy (non-hydrogen) atoms. The van der Waals surface area contributed by atoms with Crippen LogP contribution in [0.4, 0.5) is 16.2 Å². The second-order valence-electron chi connectivity index (χ2n) is 7.62. The minimum atomic E-state index is -0.589. The first-order valence-corrected chi connectivity index (χ1v) is 8.89. The number of anilines is 2. The van der Waals surface area contributed by atoms with Crippen LogP contribution in [0.2, 0.25) is 0 Å². The van der Waals surface area contributed by atoms with Crippen molar-refractivity contribution < 1.29 is 14.3 Å². The number of carbonyl (C=O) groups is 2. The molecule has 1 aliphatic heterocycles. The van der Waals surface area contributed by atoms with Crippen molar-refractivity contribution in [1.82, 2.24) is 10.2 Å². The van der Waals surface area contributed by atoms with Gasteiger partial charge in [0.25, 0.3) is 5.91 Å². The van der Waals surface area contributed by atoms with E-state index in [1.54, 1.807) is 45.2 Å². The average Bonchev–Trinajstić information content (AvgIpc) is 3.18. The largest absolute Gasteiger partial charge is 0.444 e. The van der Waals surface area contributed by atoms with Gasteiger partial charge in [0.2, 0.25) is 0 Å². The standard InChI is InChI=1S/C21H20N4O3/c1-21(2,3)28-20(27)23-14-6-7-17-15(10-14)16(19(26)24-17)8-12-4-5-13-11-22-25-18(13)9-12/h4-11H,1-3H3,(H,22,25)(H,23,27)(H,24,26)/b16-8-. The van der Waals surface area contributed by atoms with Crippen molar-refractivity contribution in [2.24, 2.45) is 0 Å². The fraction of sp³-hybridized carbons (Fsp3) is 0.190. The predicted octanol–water partition coefficient (Wildman–Crippen LogP) is 4.40. The maximum atomic E-state index is 12.5. The average molecular weight is 376 g/mol. The predicted molar refractivity (Wildman–Crippen MR) is 109 cm³/mol. The summed E-state index contributed by atoms with van der Waals surface area (Å²) in [7, 11) is 0.